The molecule has 0 aromatic carbocycles. The van der Waals surface area contributed by atoms with Crippen molar-refractivity contribution in [3.8, 4) is 6.01 Å². The number of anilines is 2. The van der Waals surface area contributed by atoms with Crippen LogP contribution in [0.5, 0.6) is 6.01 Å². The highest BCUT2D eigenvalue weighted by atomic mass is 16.5. The largest absolute Gasteiger partial charge is 0.467 e. The Balaban J connectivity index is 2.10. The zero-order valence-corrected chi connectivity index (χ0v) is 12.2. The van der Waals surface area contributed by atoms with Gasteiger partial charge in [0.15, 0.2) is 0 Å². The first-order chi connectivity index (χ1) is 9.13. The van der Waals surface area contributed by atoms with Crippen LogP contribution in [-0.2, 0) is 0 Å². The Morgan fingerprint density at radius 3 is 2.42 bits per heavy atom. The van der Waals surface area contributed by atoms with E-state index < -0.39 is 0 Å². The maximum atomic E-state index is 5.12. The molecule has 0 unspecified atom stereocenters. The summed E-state index contributed by atoms with van der Waals surface area (Å²) in [5.74, 6) is 2.82. The van der Waals surface area contributed by atoms with Crippen molar-refractivity contribution in [3.05, 3.63) is 0 Å². The predicted octanol–water partition coefficient (Wildman–Crippen LogP) is 1.79. The van der Waals surface area contributed by atoms with E-state index in [1.54, 1.807) is 14.2 Å². The van der Waals surface area contributed by atoms with Crippen molar-refractivity contribution in [2.45, 2.75) is 26.7 Å². The van der Waals surface area contributed by atoms with Crippen molar-refractivity contribution >= 4 is 11.9 Å². The standard InChI is InChI=1S/C13H23N5O/c1-9(2)10-5-7-18(8-6-10)12-15-11(14-3)16-13(17-12)19-4/h9-10H,5-8H2,1-4H3,(H,14,15,16,17). The summed E-state index contributed by atoms with van der Waals surface area (Å²) in [5, 5.41) is 2.94. The Labute approximate surface area is 114 Å². The number of hydrogen-bond donors (Lipinski definition) is 1. The number of methoxy groups -OCH3 is 1. The molecule has 0 saturated carbocycles. The van der Waals surface area contributed by atoms with Gasteiger partial charge in [0.05, 0.1) is 7.11 Å². The van der Waals surface area contributed by atoms with Gasteiger partial charge in [0, 0.05) is 20.1 Å². The van der Waals surface area contributed by atoms with Crippen LogP contribution in [0.2, 0.25) is 0 Å². The van der Waals surface area contributed by atoms with Gasteiger partial charge in [-0.3, -0.25) is 0 Å². The van der Waals surface area contributed by atoms with Gasteiger partial charge in [-0.15, -0.1) is 0 Å². The van der Waals surface area contributed by atoms with E-state index in [2.05, 4.69) is 39.0 Å². The van der Waals surface area contributed by atoms with Crippen molar-refractivity contribution in [3.63, 3.8) is 0 Å². The van der Waals surface area contributed by atoms with E-state index in [1.165, 1.54) is 12.8 Å². The van der Waals surface area contributed by atoms with Crippen LogP contribution in [0.4, 0.5) is 11.9 Å². The van der Waals surface area contributed by atoms with Crippen LogP contribution in [-0.4, -0.2) is 42.2 Å². The fourth-order valence-electron chi connectivity index (χ4n) is 2.46. The third-order valence-corrected chi connectivity index (χ3v) is 3.77. The molecule has 2 heterocycles. The summed E-state index contributed by atoms with van der Waals surface area (Å²) in [6.45, 7) is 6.59. The van der Waals surface area contributed by atoms with Gasteiger partial charge in [-0.1, -0.05) is 13.8 Å². The Bertz CT molecular complexity index is 393. The summed E-state index contributed by atoms with van der Waals surface area (Å²) in [7, 11) is 3.37. The van der Waals surface area contributed by atoms with Crippen molar-refractivity contribution in [2.24, 2.45) is 11.8 Å². The Hall–Kier alpha value is -1.59. The summed E-state index contributed by atoms with van der Waals surface area (Å²) in [6, 6.07) is 0.361. The zero-order valence-electron chi connectivity index (χ0n) is 12.2. The molecule has 0 radical (unpaired) electrons. The molecule has 0 bridgehead atoms. The van der Waals surface area contributed by atoms with Gasteiger partial charge in [0.25, 0.3) is 0 Å². The lowest BCUT2D eigenvalue weighted by Gasteiger charge is -2.33. The number of nitrogens with one attached hydrogen (secondary N) is 1. The Morgan fingerprint density at radius 1 is 1.21 bits per heavy atom. The van der Waals surface area contributed by atoms with E-state index in [0.717, 1.165) is 24.9 Å². The molecular formula is C13H23N5O. The van der Waals surface area contributed by atoms with Crippen LogP contribution in [0.25, 0.3) is 0 Å². The minimum atomic E-state index is 0.361. The molecule has 0 aliphatic carbocycles. The van der Waals surface area contributed by atoms with E-state index in [9.17, 15) is 0 Å². The Kier molecular flexibility index (Phi) is 4.39. The molecule has 19 heavy (non-hydrogen) atoms. The van der Waals surface area contributed by atoms with E-state index in [4.69, 9.17) is 4.74 Å². The average molecular weight is 265 g/mol. The van der Waals surface area contributed by atoms with E-state index >= 15 is 0 Å². The van der Waals surface area contributed by atoms with Crippen LogP contribution in [0.1, 0.15) is 26.7 Å². The second-order valence-corrected chi connectivity index (χ2v) is 5.26. The van der Waals surface area contributed by atoms with Crippen LogP contribution < -0.4 is 15.0 Å². The van der Waals surface area contributed by atoms with E-state index in [-0.39, 0.29) is 0 Å². The highest BCUT2D eigenvalue weighted by Crippen LogP contribution is 2.27. The molecule has 106 valence electrons. The normalized spacial score (nSPS) is 16.8. The SMILES string of the molecule is CNc1nc(OC)nc(N2CCC(C(C)C)CC2)n1. The lowest BCUT2D eigenvalue weighted by Crippen LogP contribution is -2.36. The monoisotopic (exact) mass is 265 g/mol. The van der Waals surface area contributed by atoms with E-state index in [0.29, 0.717) is 17.9 Å². The van der Waals surface area contributed by atoms with Gasteiger partial charge < -0.3 is 15.0 Å². The summed E-state index contributed by atoms with van der Waals surface area (Å²) >= 11 is 0. The number of aromatic nitrogens is 3. The fraction of sp³-hybridized carbons (Fsp3) is 0.769. The number of nitrogens with zero attached hydrogens (tertiary/aromatic N) is 4. The average Bonchev–Trinajstić information content (AvgIpc) is 2.46. The molecular weight excluding hydrogens is 242 g/mol. The first-order valence-electron chi connectivity index (χ1n) is 6.86. The molecule has 0 atom stereocenters. The third kappa shape index (κ3) is 3.24. The van der Waals surface area contributed by atoms with Gasteiger partial charge >= 0.3 is 6.01 Å². The third-order valence-electron chi connectivity index (χ3n) is 3.77. The molecule has 1 saturated heterocycles. The van der Waals surface area contributed by atoms with Crippen LogP contribution >= 0.6 is 0 Å². The van der Waals surface area contributed by atoms with Crippen molar-refractivity contribution in [2.75, 3.05) is 37.5 Å². The topological polar surface area (TPSA) is 63.2 Å². The number of rotatable bonds is 4. The van der Waals surface area contributed by atoms with E-state index in [1.807, 2.05) is 0 Å². The molecule has 1 aromatic rings. The van der Waals surface area contributed by atoms with Gasteiger partial charge in [-0.25, -0.2) is 0 Å². The first-order valence-corrected chi connectivity index (χ1v) is 6.86. The fourth-order valence-corrected chi connectivity index (χ4v) is 2.46. The second kappa shape index (κ2) is 6.04. The summed E-state index contributed by atoms with van der Waals surface area (Å²) < 4.78 is 5.12. The highest BCUT2D eigenvalue weighted by molar-refractivity contribution is 5.38. The molecule has 0 spiro atoms. The Morgan fingerprint density at radius 2 is 1.89 bits per heavy atom. The van der Waals surface area contributed by atoms with Crippen LogP contribution in [0.3, 0.4) is 0 Å². The zero-order chi connectivity index (χ0) is 13.8. The molecule has 1 N–H and O–H groups in total. The molecule has 0 amide bonds. The minimum absolute atomic E-state index is 0.361. The molecule has 6 nitrogen and oxygen atoms in total. The van der Waals surface area contributed by atoms with Crippen molar-refractivity contribution in [1.29, 1.82) is 0 Å². The maximum absolute atomic E-state index is 5.12. The number of piperidine rings is 1. The predicted molar refractivity (Wildman–Crippen MR) is 75.7 cm³/mol. The van der Waals surface area contributed by atoms with Crippen molar-refractivity contribution in [1.82, 2.24) is 15.0 Å². The molecule has 2 rings (SSSR count). The van der Waals surface area contributed by atoms with Gasteiger partial charge in [0.1, 0.15) is 0 Å². The summed E-state index contributed by atoms with van der Waals surface area (Å²) in [5.41, 5.74) is 0. The summed E-state index contributed by atoms with van der Waals surface area (Å²) in [4.78, 5) is 15.1. The molecule has 1 aliphatic rings. The quantitative estimate of drug-likeness (QED) is 0.895. The molecule has 6 heteroatoms. The smallest absolute Gasteiger partial charge is 0.322 e. The first kappa shape index (κ1) is 13.8. The summed E-state index contributed by atoms with van der Waals surface area (Å²) in [6.07, 6.45) is 2.39. The van der Waals surface area contributed by atoms with Crippen LogP contribution in [0, 0.1) is 11.8 Å². The highest BCUT2D eigenvalue weighted by Gasteiger charge is 2.23. The van der Waals surface area contributed by atoms with Crippen LogP contribution in [0.15, 0.2) is 0 Å². The van der Waals surface area contributed by atoms with Gasteiger partial charge in [-0.2, -0.15) is 15.0 Å². The minimum Gasteiger partial charge on any atom is -0.467 e. The van der Waals surface area contributed by atoms with Gasteiger partial charge in [-0.05, 0) is 24.7 Å². The maximum Gasteiger partial charge on any atom is 0.322 e. The molecule has 1 aromatic heterocycles. The number of ether oxygens (including phenoxy) is 1. The molecule has 1 fully saturated rings. The second-order valence-electron chi connectivity index (χ2n) is 5.26. The lowest BCUT2D eigenvalue weighted by molar-refractivity contribution is 0.309. The number of hydrogen-bond acceptors (Lipinski definition) is 6. The van der Waals surface area contributed by atoms with Crippen molar-refractivity contribution < 1.29 is 4.74 Å². The van der Waals surface area contributed by atoms with Gasteiger partial charge in [0.2, 0.25) is 11.9 Å². The molecule has 1 aliphatic heterocycles. The lowest BCUT2D eigenvalue weighted by atomic mass is 9.87.